The fourth-order valence-corrected chi connectivity index (χ4v) is 6.26. The Kier molecular flexibility index (Phi) is 10.8. The monoisotopic (exact) mass is 748 g/mol. The molecular formula is C36H36BrF3N8O2. The maximum absolute atomic E-state index is 14.1. The Morgan fingerprint density at radius 2 is 1.22 bits per heavy atom. The maximum Gasteiger partial charge on any atom is 0.274 e. The average molecular weight is 750 g/mol. The van der Waals surface area contributed by atoms with Crippen molar-refractivity contribution in [3.63, 3.8) is 0 Å². The third-order valence-electron chi connectivity index (χ3n) is 9.01. The molecule has 2 aliphatic carbocycles. The minimum Gasteiger partial charge on any atom is -0.340 e. The number of amides is 2. The molecule has 0 bridgehead atoms. The number of rotatable bonds is 9. The summed E-state index contributed by atoms with van der Waals surface area (Å²) in [7, 11) is 3.67. The van der Waals surface area contributed by atoms with Crippen LogP contribution in [0.3, 0.4) is 0 Å². The predicted octanol–water partition coefficient (Wildman–Crippen LogP) is 6.87. The van der Waals surface area contributed by atoms with E-state index in [1.54, 1.807) is 64.5 Å². The highest BCUT2D eigenvalue weighted by Gasteiger charge is 2.32. The van der Waals surface area contributed by atoms with E-state index in [-0.39, 0.29) is 29.1 Å². The van der Waals surface area contributed by atoms with Gasteiger partial charge in [-0.2, -0.15) is 0 Å². The topological polar surface area (TPSA) is 102 Å². The highest BCUT2D eigenvalue weighted by atomic mass is 79.9. The van der Waals surface area contributed by atoms with Gasteiger partial charge in [0.15, 0.2) is 11.6 Å². The molecule has 5 aromatic rings. The second kappa shape index (κ2) is 15.4. The largest absolute Gasteiger partial charge is 0.340 e. The van der Waals surface area contributed by atoms with Gasteiger partial charge in [0.1, 0.15) is 21.8 Å². The van der Waals surface area contributed by atoms with Crippen molar-refractivity contribution in [2.24, 2.45) is 14.1 Å². The van der Waals surface area contributed by atoms with Crippen LogP contribution in [0.1, 0.15) is 70.6 Å². The quantitative estimate of drug-likeness (QED) is 0.121. The van der Waals surface area contributed by atoms with Crippen molar-refractivity contribution in [1.29, 1.82) is 0 Å². The Hall–Kier alpha value is -4.85. The fraction of sp³-hybridized carbons (Fsp3) is 0.333. The summed E-state index contributed by atoms with van der Waals surface area (Å²) in [5, 5.41) is 0. The Bertz CT molecular complexity index is 1990. The van der Waals surface area contributed by atoms with E-state index in [0.717, 1.165) is 53.9 Å². The van der Waals surface area contributed by atoms with Gasteiger partial charge in [-0.05, 0) is 95.9 Å². The lowest BCUT2D eigenvalue weighted by molar-refractivity contribution is 0.0544. The van der Waals surface area contributed by atoms with E-state index in [1.807, 2.05) is 24.1 Å². The number of nitrogens with zero attached hydrogens (tertiary/aromatic N) is 8. The van der Waals surface area contributed by atoms with E-state index in [0.29, 0.717) is 36.6 Å². The molecule has 0 spiro atoms. The molecule has 1 aromatic carbocycles. The average Bonchev–Trinajstić information content (AvgIpc) is 3.68. The van der Waals surface area contributed by atoms with Gasteiger partial charge < -0.3 is 18.9 Å². The second-order valence-corrected chi connectivity index (χ2v) is 13.5. The number of carbonyl (C=O) groups is 2. The van der Waals surface area contributed by atoms with E-state index < -0.39 is 17.5 Å². The standard InChI is InChI=1S/C21H19F3N4O.C15H17BrN4O/c1-27-11-20(26-12-27)21(29)28(14-3-2-4-14)10-13-5-6-25-19(7-13)15-8-17(23)18(24)9-16(15)22;1-19-9-13(18-10-19)15(21)20(12-3-2-4-12)8-11-5-6-17-14(16)7-11/h5-9,11-12,14H,2-4,10H2,1H3;5-7,9-10,12H,2-4,8H2,1H3. The number of aromatic nitrogens is 6. The van der Waals surface area contributed by atoms with Crippen LogP contribution < -0.4 is 0 Å². The molecule has 2 aliphatic rings. The van der Waals surface area contributed by atoms with Crippen molar-refractivity contribution < 1.29 is 22.8 Å². The molecule has 0 atom stereocenters. The van der Waals surface area contributed by atoms with Crippen LogP contribution in [-0.2, 0) is 27.2 Å². The van der Waals surface area contributed by atoms with Crippen LogP contribution in [0.25, 0.3) is 11.3 Å². The summed E-state index contributed by atoms with van der Waals surface area (Å²) < 4.78 is 45.2. The summed E-state index contributed by atoms with van der Waals surface area (Å²) >= 11 is 3.38. The van der Waals surface area contributed by atoms with Crippen molar-refractivity contribution in [2.75, 3.05) is 0 Å². The minimum absolute atomic E-state index is 0.00762. The molecule has 0 N–H and O–H groups in total. The van der Waals surface area contributed by atoms with Crippen molar-refractivity contribution >= 4 is 27.7 Å². The number of hydrogen-bond donors (Lipinski definition) is 0. The van der Waals surface area contributed by atoms with E-state index in [1.165, 1.54) is 12.6 Å². The van der Waals surface area contributed by atoms with Crippen LogP contribution in [0, 0.1) is 17.5 Å². The molecule has 2 fully saturated rings. The molecule has 2 amide bonds. The summed E-state index contributed by atoms with van der Waals surface area (Å²) in [6.07, 6.45) is 16.1. The summed E-state index contributed by atoms with van der Waals surface area (Å²) in [5.41, 5.74) is 2.72. The lowest BCUT2D eigenvalue weighted by Gasteiger charge is -2.37. The van der Waals surface area contributed by atoms with Gasteiger partial charge in [0.25, 0.3) is 11.8 Å². The first kappa shape index (κ1) is 35.0. The third kappa shape index (κ3) is 8.12. The molecule has 2 saturated carbocycles. The Labute approximate surface area is 296 Å². The molecule has 260 valence electrons. The Morgan fingerprint density at radius 1 is 0.720 bits per heavy atom. The lowest BCUT2D eigenvalue weighted by atomic mass is 9.90. The van der Waals surface area contributed by atoms with Crippen LogP contribution >= 0.6 is 15.9 Å². The number of aryl methyl sites for hydroxylation is 2. The van der Waals surface area contributed by atoms with Gasteiger partial charge in [0.05, 0.1) is 18.3 Å². The second-order valence-electron chi connectivity index (χ2n) is 12.7. The number of carbonyl (C=O) groups excluding carboxylic acids is 2. The van der Waals surface area contributed by atoms with Gasteiger partial charge in [-0.1, -0.05) is 0 Å². The van der Waals surface area contributed by atoms with E-state index in [9.17, 15) is 22.8 Å². The highest BCUT2D eigenvalue weighted by molar-refractivity contribution is 9.10. The zero-order chi connectivity index (χ0) is 35.4. The van der Waals surface area contributed by atoms with Gasteiger partial charge in [0, 0.05) is 75.7 Å². The molecule has 7 rings (SSSR count). The van der Waals surface area contributed by atoms with Crippen LogP contribution in [0.5, 0.6) is 0 Å². The first-order valence-electron chi connectivity index (χ1n) is 16.3. The van der Waals surface area contributed by atoms with Crippen molar-refractivity contribution in [2.45, 2.75) is 63.7 Å². The number of halogens is 4. The first-order chi connectivity index (χ1) is 24.0. The molecule has 4 heterocycles. The number of imidazole rings is 2. The van der Waals surface area contributed by atoms with Gasteiger partial charge >= 0.3 is 0 Å². The molecular weight excluding hydrogens is 713 g/mol. The van der Waals surface area contributed by atoms with Crippen molar-refractivity contribution in [3.8, 4) is 11.3 Å². The van der Waals surface area contributed by atoms with E-state index in [2.05, 4.69) is 35.9 Å². The summed E-state index contributed by atoms with van der Waals surface area (Å²) in [6, 6.07) is 8.95. The third-order valence-corrected chi connectivity index (χ3v) is 9.44. The van der Waals surface area contributed by atoms with Gasteiger partial charge in [-0.3, -0.25) is 14.6 Å². The summed E-state index contributed by atoms with van der Waals surface area (Å²) in [4.78, 5) is 45.9. The summed E-state index contributed by atoms with van der Waals surface area (Å²) in [6.45, 7) is 0.891. The molecule has 0 unspecified atom stereocenters. The van der Waals surface area contributed by atoms with Gasteiger partial charge in [0.2, 0.25) is 0 Å². The van der Waals surface area contributed by atoms with Crippen molar-refractivity contribution in [3.05, 3.63) is 118 Å². The van der Waals surface area contributed by atoms with Gasteiger partial charge in [-0.15, -0.1) is 0 Å². The molecule has 0 radical (unpaired) electrons. The SMILES string of the molecule is Cn1cnc(C(=O)N(Cc2ccnc(-c3cc(F)c(F)cc3F)c2)C2CCC2)c1.Cn1cnc(C(=O)N(Cc2ccnc(Br)c2)C2CCC2)c1. The molecule has 4 aromatic heterocycles. The highest BCUT2D eigenvalue weighted by Crippen LogP contribution is 2.30. The van der Waals surface area contributed by atoms with E-state index in [4.69, 9.17) is 0 Å². The van der Waals surface area contributed by atoms with E-state index >= 15 is 0 Å². The number of hydrogen-bond acceptors (Lipinski definition) is 6. The molecule has 14 heteroatoms. The normalized spacial score (nSPS) is 14.3. The van der Waals surface area contributed by atoms with Crippen LogP contribution in [-0.4, -0.2) is 62.8 Å². The Balaban J connectivity index is 0.000000182. The molecule has 0 aliphatic heterocycles. The molecule has 10 nitrogen and oxygen atoms in total. The summed E-state index contributed by atoms with van der Waals surface area (Å²) in [5.74, 6) is -3.45. The smallest absolute Gasteiger partial charge is 0.274 e. The Morgan fingerprint density at radius 3 is 1.68 bits per heavy atom. The fourth-order valence-electron chi connectivity index (χ4n) is 5.84. The van der Waals surface area contributed by atoms with Crippen LogP contribution in [0.4, 0.5) is 13.2 Å². The van der Waals surface area contributed by atoms with Crippen LogP contribution in [0.15, 0.2) is 78.4 Å². The maximum atomic E-state index is 14.1. The molecule has 50 heavy (non-hydrogen) atoms. The zero-order valence-electron chi connectivity index (χ0n) is 27.6. The van der Waals surface area contributed by atoms with Gasteiger partial charge in [-0.25, -0.2) is 28.1 Å². The van der Waals surface area contributed by atoms with Crippen LogP contribution in [0.2, 0.25) is 0 Å². The minimum atomic E-state index is -1.25. The predicted molar refractivity (Wildman–Crippen MR) is 183 cm³/mol. The van der Waals surface area contributed by atoms with Crippen molar-refractivity contribution in [1.82, 2.24) is 38.9 Å². The first-order valence-corrected chi connectivity index (χ1v) is 17.1. The zero-order valence-corrected chi connectivity index (χ0v) is 29.2. The number of benzene rings is 1. The number of pyridine rings is 2. The molecule has 0 saturated heterocycles. The lowest BCUT2D eigenvalue weighted by Crippen LogP contribution is -2.43.